The van der Waals surface area contributed by atoms with E-state index in [9.17, 15) is 15.3 Å². The summed E-state index contributed by atoms with van der Waals surface area (Å²) in [4.78, 5) is 0. The van der Waals surface area contributed by atoms with Gasteiger partial charge in [-0.2, -0.15) is 0 Å². The van der Waals surface area contributed by atoms with Crippen molar-refractivity contribution >= 4 is 0 Å². The molecule has 21 heavy (non-hydrogen) atoms. The van der Waals surface area contributed by atoms with Crippen molar-refractivity contribution in [3.8, 4) is 11.5 Å². The Labute approximate surface area is 124 Å². The fraction of sp³-hybridized carbons (Fsp3) is 0.294. The first-order valence-electron chi connectivity index (χ1n) is 7.03. The summed E-state index contributed by atoms with van der Waals surface area (Å²) in [6, 6.07) is 14.5. The number of aliphatic hydroxyl groups excluding tert-OH is 1. The molecule has 0 amide bonds. The van der Waals surface area contributed by atoms with Crippen molar-refractivity contribution in [2.75, 3.05) is 6.54 Å². The molecule has 4 nitrogen and oxygen atoms in total. The largest absolute Gasteiger partial charge is 0.504 e. The van der Waals surface area contributed by atoms with Gasteiger partial charge in [0.25, 0.3) is 0 Å². The van der Waals surface area contributed by atoms with Crippen LogP contribution < -0.4 is 5.32 Å². The summed E-state index contributed by atoms with van der Waals surface area (Å²) in [7, 11) is 0. The van der Waals surface area contributed by atoms with Crippen LogP contribution in [-0.4, -0.2) is 27.9 Å². The first-order valence-corrected chi connectivity index (χ1v) is 7.03. The second-order valence-electron chi connectivity index (χ2n) is 5.26. The van der Waals surface area contributed by atoms with Crippen LogP contribution in [0.2, 0.25) is 0 Å². The normalized spacial score (nSPS) is 13.8. The van der Waals surface area contributed by atoms with E-state index < -0.39 is 6.10 Å². The predicted molar refractivity (Wildman–Crippen MR) is 82.3 cm³/mol. The summed E-state index contributed by atoms with van der Waals surface area (Å²) in [5.41, 5.74) is 1.82. The van der Waals surface area contributed by atoms with Crippen LogP contribution >= 0.6 is 0 Å². The number of rotatable bonds is 6. The Balaban J connectivity index is 1.84. The van der Waals surface area contributed by atoms with Crippen molar-refractivity contribution in [1.29, 1.82) is 0 Å². The minimum absolute atomic E-state index is 0.107. The van der Waals surface area contributed by atoms with Gasteiger partial charge in [-0.1, -0.05) is 36.4 Å². The molecule has 4 heteroatoms. The monoisotopic (exact) mass is 287 g/mol. The van der Waals surface area contributed by atoms with E-state index >= 15 is 0 Å². The Morgan fingerprint density at radius 2 is 1.71 bits per heavy atom. The van der Waals surface area contributed by atoms with Crippen molar-refractivity contribution in [2.24, 2.45) is 0 Å². The Kier molecular flexibility index (Phi) is 5.20. The molecule has 2 aromatic carbocycles. The zero-order valence-electron chi connectivity index (χ0n) is 12.0. The average molecular weight is 287 g/mol. The molecule has 0 radical (unpaired) electrons. The summed E-state index contributed by atoms with van der Waals surface area (Å²) in [5, 5.41) is 32.1. The highest BCUT2D eigenvalue weighted by atomic mass is 16.3. The molecule has 112 valence electrons. The van der Waals surface area contributed by atoms with Gasteiger partial charge in [0.2, 0.25) is 0 Å². The lowest BCUT2D eigenvalue weighted by Crippen LogP contribution is -2.32. The molecule has 2 atom stereocenters. The van der Waals surface area contributed by atoms with Crippen LogP contribution in [0.15, 0.2) is 48.5 Å². The SMILES string of the molecule is C[C@H](Cc1ccc(O)c(O)c1)NC[C@H](O)c1ccccc1. The smallest absolute Gasteiger partial charge is 0.157 e. The third-order valence-corrected chi connectivity index (χ3v) is 3.43. The van der Waals surface area contributed by atoms with Crippen LogP contribution in [0.25, 0.3) is 0 Å². The standard InChI is InChI=1S/C17H21NO3/c1-12(9-13-7-8-15(19)16(20)10-13)18-11-17(21)14-5-3-2-4-6-14/h2-8,10,12,17-21H,9,11H2,1H3/t12-,17+/m1/s1. The molecular weight excluding hydrogens is 266 g/mol. The Morgan fingerprint density at radius 3 is 2.38 bits per heavy atom. The Morgan fingerprint density at radius 1 is 1.00 bits per heavy atom. The molecular formula is C17H21NO3. The van der Waals surface area contributed by atoms with Gasteiger partial charge in [0.1, 0.15) is 0 Å². The lowest BCUT2D eigenvalue weighted by Gasteiger charge is -2.17. The van der Waals surface area contributed by atoms with Crippen LogP contribution in [0.4, 0.5) is 0 Å². The van der Waals surface area contributed by atoms with E-state index in [0.717, 1.165) is 11.1 Å². The van der Waals surface area contributed by atoms with E-state index in [-0.39, 0.29) is 17.5 Å². The minimum Gasteiger partial charge on any atom is -0.504 e. The number of benzene rings is 2. The molecule has 0 aromatic heterocycles. The highest BCUT2D eigenvalue weighted by Crippen LogP contribution is 2.25. The van der Waals surface area contributed by atoms with Crippen molar-refractivity contribution in [1.82, 2.24) is 5.32 Å². The molecule has 0 bridgehead atoms. The van der Waals surface area contributed by atoms with E-state index in [1.807, 2.05) is 37.3 Å². The molecule has 2 aromatic rings. The van der Waals surface area contributed by atoms with Crippen LogP contribution in [0, 0.1) is 0 Å². The quantitative estimate of drug-likeness (QED) is 0.615. The van der Waals surface area contributed by atoms with Crippen molar-refractivity contribution in [3.05, 3.63) is 59.7 Å². The van der Waals surface area contributed by atoms with Gasteiger partial charge in [0, 0.05) is 12.6 Å². The molecule has 0 saturated carbocycles. The molecule has 0 unspecified atom stereocenters. The number of hydrogen-bond donors (Lipinski definition) is 4. The summed E-state index contributed by atoms with van der Waals surface area (Å²) >= 11 is 0. The number of phenols is 2. The molecule has 0 saturated heterocycles. The number of aliphatic hydroxyl groups is 1. The van der Waals surface area contributed by atoms with Crippen molar-refractivity contribution in [2.45, 2.75) is 25.5 Å². The molecule has 0 aliphatic heterocycles. The van der Waals surface area contributed by atoms with Crippen LogP contribution in [0.5, 0.6) is 11.5 Å². The van der Waals surface area contributed by atoms with E-state index in [2.05, 4.69) is 5.32 Å². The highest BCUT2D eigenvalue weighted by Gasteiger charge is 2.10. The Bertz CT molecular complexity index is 572. The van der Waals surface area contributed by atoms with Crippen LogP contribution in [0.3, 0.4) is 0 Å². The van der Waals surface area contributed by atoms with Gasteiger partial charge in [-0.15, -0.1) is 0 Å². The number of nitrogens with one attached hydrogen (secondary N) is 1. The van der Waals surface area contributed by atoms with Gasteiger partial charge >= 0.3 is 0 Å². The van der Waals surface area contributed by atoms with Crippen LogP contribution in [-0.2, 0) is 6.42 Å². The molecule has 0 heterocycles. The third-order valence-electron chi connectivity index (χ3n) is 3.43. The fourth-order valence-corrected chi connectivity index (χ4v) is 2.23. The van der Waals surface area contributed by atoms with E-state index in [1.165, 1.54) is 6.07 Å². The molecule has 0 fully saturated rings. The van der Waals surface area contributed by atoms with Gasteiger partial charge in [0.15, 0.2) is 11.5 Å². The molecule has 2 rings (SSSR count). The van der Waals surface area contributed by atoms with Gasteiger partial charge in [0.05, 0.1) is 6.10 Å². The number of phenolic OH excluding ortho intramolecular Hbond substituents is 2. The van der Waals surface area contributed by atoms with E-state index in [0.29, 0.717) is 13.0 Å². The van der Waals surface area contributed by atoms with Crippen molar-refractivity contribution in [3.63, 3.8) is 0 Å². The van der Waals surface area contributed by atoms with Crippen molar-refractivity contribution < 1.29 is 15.3 Å². The number of aromatic hydroxyl groups is 2. The Hall–Kier alpha value is -2.04. The maximum atomic E-state index is 10.1. The zero-order chi connectivity index (χ0) is 15.2. The topological polar surface area (TPSA) is 72.7 Å². The lowest BCUT2D eigenvalue weighted by molar-refractivity contribution is 0.170. The third kappa shape index (κ3) is 4.48. The highest BCUT2D eigenvalue weighted by molar-refractivity contribution is 5.40. The van der Waals surface area contributed by atoms with Gasteiger partial charge < -0.3 is 20.6 Å². The fourth-order valence-electron chi connectivity index (χ4n) is 2.23. The summed E-state index contributed by atoms with van der Waals surface area (Å²) in [5.74, 6) is -0.220. The summed E-state index contributed by atoms with van der Waals surface area (Å²) in [6.07, 6.45) is 0.164. The second-order valence-corrected chi connectivity index (χ2v) is 5.26. The summed E-state index contributed by atoms with van der Waals surface area (Å²) in [6.45, 7) is 2.48. The molecule has 0 aliphatic rings. The zero-order valence-corrected chi connectivity index (χ0v) is 12.0. The van der Waals surface area contributed by atoms with Gasteiger partial charge in [-0.05, 0) is 36.6 Å². The summed E-state index contributed by atoms with van der Waals surface area (Å²) < 4.78 is 0. The van der Waals surface area contributed by atoms with Gasteiger partial charge in [-0.25, -0.2) is 0 Å². The lowest BCUT2D eigenvalue weighted by atomic mass is 10.1. The molecule has 0 spiro atoms. The first kappa shape index (κ1) is 15.4. The van der Waals surface area contributed by atoms with E-state index in [4.69, 9.17) is 0 Å². The molecule has 4 N–H and O–H groups in total. The number of hydrogen-bond acceptors (Lipinski definition) is 4. The maximum absolute atomic E-state index is 10.1. The predicted octanol–water partition coefficient (Wildman–Crippen LogP) is 2.35. The second kappa shape index (κ2) is 7.11. The maximum Gasteiger partial charge on any atom is 0.157 e. The van der Waals surface area contributed by atoms with E-state index in [1.54, 1.807) is 12.1 Å². The average Bonchev–Trinajstić information content (AvgIpc) is 2.49. The minimum atomic E-state index is -0.540. The molecule has 0 aliphatic carbocycles. The van der Waals surface area contributed by atoms with Gasteiger partial charge in [-0.3, -0.25) is 0 Å². The first-order chi connectivity index (χ1) is 10.1. The van der Waals surface area contributed by atoms with Crippen LogP contribution in [0.1, 0.15) is 24.2 Å².